The van der Waals surface area contributed by atoms with Gasteiger partial charge in [0.25, 0.3) is 5.91 Å². The molecule has 0 aliphatic rings. The first-order valence-corrected chi connectivity index (χ1v) is 7.21. The molecule has 0 saturated carbocycles. The van der Waals surface area contributed by atoms with Crippen molar-refractivity contribution in [2.45, 2.75) is 20.0 Å². The van der Waals surface area contributed by atoms with E-state index in [1.165, 1.54) is 11.3 Å². The van der Waals surface area contributed by atoms with Crippen molar-refractivity contribution in [3.05, 3.63) is 38.4 Å². The number of ether oxygens (including phenoxy) is 1. The van der Waals surface area contributed by atoms with Crippen LogP contribution in [-0.2, 0) is 4.74 Å². The van der Waals surface area contributed by atoms with E-state index in [2.05, 4.69) is 10.5 Å². The first kappa shape index (κ1) is 15.0. The molecule has 2 aromatic rings. The van der Waals surface area contributed by atoms with E-state index in [0.29, 0.717) is 27.9 Å². The molecule has 108 valence electrons. The number of nitrogens with zero attached hydrogens (tertiary/aromatic N) is 1. The predicted octanol–water partition coefficient (Wildman–Crippen LogP) is 3.12. The number of carbonyl (C=O) groups is 1. The molecule has 2 rings (SSSR count). The Hall–Kier alpha value is -1.37. The van der Waals surface area contributed by atoms with Gasteiger partial charge in [0.15, 0.2) is 0 Å². The fourth-order valence-electron chi connectivity index (χ4n) is 1.88. The molecular formula is C13H15ClN2O3S. The van der Waals surface area contributed by atoms with Crippen molar-refractivity contribution in [2.24, 2.45) is 0 Å². The highest BCUT2D eigenvalue weighted by Crippen LogP contribution is 2.28. The molecule has 1 N–H and O–H groups in total. The van der Waals surface area contributed by atoms with Crippen molar-refractivity contribution in [1.82, 2.24) is 10.5 Å². The number of aryl methyl sites for hydroxylation is 2. The van der Waals surface area contributed by atoms with Gasteiger partial charge < -0.3 is 14.6 Å². The number of hydrogen-bond acceptors (Lipinski definition) is 5. The molecule has 0 unspecified atom stereocenters. The molecule has 1 amide bonds. The maximum absolute atomic E-state index is 12.1. The molecule has 0 saturated heterocycles. The summed E-state index contributed by atoms with van der Waals surface area (Å²) in [6.07, 6.45) is -0.225. The molecule has 5 nitrogen and oxygen atoms in total. The Morgan fingerprint density at radius 3 is 2.80 bits per heavy atom. The molecule has 0 radical (unpaired) electrons. The standard InChI is InChI=1S/C13H15ClN2O3S/c1-7-12(8(2)19-16-7)13(17)15-6-9(18-3)10-4-5-11(14)20-10/h4-5,9H,6H2,1-3H3,(H,15,17)/t9-/m0/s1. The molecule has 1 atom stereocenters. The van der Waals surface area contributed by atoms with Gasteiger partial charge >= 0.3 is 0 Å². The van der Waals surface area contributed by atoms with Gasteiger partial charge in [-0.2, -0.15) is 0 Å². The zero-order chi connectivity index (χ0) is 14.7. The van der Waals surface area contributed by atoms with Gasteiger partial charge in [-0.1, -0.05) is 16.8 Å². The molecule has 0 fully saturated rings. The number of hydrogen-bond donors (Lipinski definition) is 1. The van der Waals surface area contributed by atoms with Gasteiger partial charge in [0, 0.05) is 18.5 Å². The van der Waals surface area contributed by atoms with Crippen LogP contribution < -0.4 is 5.32 Å². The Morgan fingerprint density at radius 2 is 2.30 bits per heavy atom. The molecule has 7 heteroatoms. The van der Waals surface area contributed by atoms with Crippen LogP contribution in [0.25, 0.3) is 0 Å². The molecule has 0 spiro atoms. The minimum atomic E-state index is -0.225. The van der Waals surface area contributed by atoms with Gasteiger partial charge in [-0.15, -0.1) is 11.3 Å². The van der Waals surface area contributed by atoms with Crippen LogP contribution in [0.2, 0.25) is 4.34 Å². The van der Waals surface area contributed by atoms with Crippen molar-refractivity contribution in [2.75, 3.05) is 13.7 Å². The number of rotatable bonds is 5. The summed E-state index contributed by atoms with van der Waals surface area (Å²) in [5, 5.41) is 6.59. The lowest BCUT2D eigenvalue weighted by Gasteiger charge is -2.14. The van der Waals surface area contributed by atoms with Crippen LogP contribution in [0.15, 0.2) is 16.7 Å². The Morgan fingerprint density at radius 1 is 1.55 bits per heavy atom. The van der Waals surface area contributed by atoms with Gasteiger partial charge in [-0.05, 0) is 26.0 Å². The zero-order valence-electron chi connectivity index (χ0n) is 11.4. The van der Waals surface area contributed by atoms with E-state index in [1.807, 2.05) is 12.1 Å². The minimum absolute atomic E-state index is 0.217. The second kappa shape index (κ2) is 6.39. The van der Waals surface area contributed by atoms with Gasteiger partial charge in [0.1, 0.15) is 17.4 Å². The Bertz CT molecular complexity index is 589. The van der Waals surface area contributed by atoms with E-state index in [4.69, 9.17) is 20.9 Å². The highest BCUT2D eigenvalue weighted by Gasteiger charge is 2.19. The van der Waals surface area contributed by atoms with Gasteiger partial charge in [-0.25, -0.2) is 0 Å². The number of amides is 1. The highest BCUT2D eigenvalue weighted by atomic mass is 35.5. The van der Waals surface area contributed by atoms with Crippen LogP contribution in [0.1, 0.15) is 32.8 Å². The summed E-state index contributed by atoms with van der Waals surface area (Å²) in [6.45, 7) is 3.80. The van der Waals surface area contributed by atoms with Crippen molar-refractivity contribution in [3.8, 4) is 0 Å². The third-order valence-electron chi connectivity index (χ3n) is 2.90. The van der Waals surface area contributed by atoms with Crippen molar-refractivity contribution >= 4 is 28.8 Å². The van der Waals surface area contributed by atoms with E-state index in [-0.39, 0.29) is 12.0 Å². The second-order valence-corrected chi connectivity index (χ2v) is 6.02. The number of nitrogens with one attached hydrogen (secondary N) is 1. The van der Waals surface area contributed by atoms with Gasteiger partial charge in [-0.3, -0.25) is 4.79 Å². The largest absolute Gasteiger partial charge is 0.374 e. The Labute approximate surface area is 125 Å². The van der Waals surface area contributed by atoms with Crippen LogP contribution in [-0.4, -0.2) is 24.7 Å². The van der Waals surface area contributed by atoms with Crippen LogP contribution in [0, 0.1) is 13.8 Å². The molecule has 0 bridgehead atoms. The fraction of sp³-hybridized carbons (Fsp3) is 0.385. The lowest BCUT2D eigenvalue weighted by molar-refractivity contribution is 0.0836. The fourth-order valence-corrected chi connectivity index (χ4v) is 3.02. The van der Waals surface area contributed by atoms with Crippen LogP contribution in [0.3, 0.4) is 0 Å². The average Bonchev–Trinajstić information content (AvgIpc) is 2.97. The smallest absolute Gasteiger partial charge is 0.256 e. The van der Waals surface area contributed by atoms with Crippen molar-refractivity contribution in [1.29, 1.82) is 0 Å². The summed E-state index contributed by atoms with van der Waals surface area (Å²) in [5.74, 6) is 0.291. The van der Waals surface area contributed by atoms with E-state index in [9.17, 15) is 4.79 Å². The molecule has 0 aliphatic heterocycles. The molecule has 0 aromatic carbocycles. The van der Waals surface area contributed by atoms with Crippen molar-refractivity contribution < 1.29 is 14.1 Å². The SMILES string of the molecule is CO[C@@H](CNC(=O)c1c(C)noc1C)c1ccc(Cl)s1. The summed E-state index contributed by atoms with van der Waals surface area (Å²) < 4.78 is 11.0. The predicted molar refractivity (Wildman–Crippen MR) is 77.4 cm³/mol. The van der Waals surface area contributed by atoms with Crippen LogP contribution in [0.4, 0.5) is 0 Å². The first-order chi connectivity index (χ1) is 9.52. The lowest BCUT2D eigenvalue weighted by Crippen LogP contribution is -2.29. The molecule has 2 aromatic heterocycles. The van der Waals surface area contributed by atoms with E-state index in [1.54, 1.807) is 21.0 Å². The maximum Gasteiger partial charge on any atom is 0.256 e. The summed E-state index contributed by atoms with van der Waals surface area (Å²) in [5.41, 5.74) is 1.05. The quantitative estimate of drug-likeness (QED) is 0.921. The molecular weight excluding hydrogens is 300 g/mol. The first-order valence-electron chi connectivity index (χ1n) is 6.02. The maximum atomic E-state index is 12.1. The molecule has 2 heterocycles. The summed E-state index contributed by atoms with van der Waals surface area (Å²) in [4.78, 5) is 13.1. The van der Waals surface area contributed by atoms with E-state index in [0.717, 1.165) is 4.88 Å². The number of methoxy groups -OCH3 is 1. The zero-order valence-corrected chi connectivity index (χ0v) is 13.0. The van der Waals surface area contributed by atoms with Crippen LogP contribution >= 0.6 is 22.9 Å². The summed E-state index contributed by atoms with van der Waals surface area (Å²) in [6, 6.07) is 3.70. The number of carbonyl (C=O) groups excluding carboxylic acids is 1. The summed E-state index contributed by atoms with van der Waals surface area (Å²) in [7, 11) is 1.60. The summed E-state index contributed by atoms with van der Waals surface area (Å²) >= 11 is 7.34. The second-order valence-electron chi connectivity index (χ2n) is 4.28. The van der Waals surface area contributed by atoms with Gasteiger partial charge in [0.05, 0.1) is 10.0 Å². The monoisotopic (exact) mass is 314 g/mol. The normalized spacial score (nSPS) is 12.4. The minimum Gasteiger partial charge on any atom is -0.374 e. The lowest BCUT2D eigenvalue weighted by atomic mass is 10.2. The Balaban J connectivity index is 2.02. The van der Waals surface area contributed by atoms with E-state index >= 15 is 0 Å². The number of aromatic nitrogens is 1. The molecule has 20 heavy (non-hydrogen) atoms. The van der Waals surface area contributed by atoms with Crippen LogP contribution in [0.5, 0.6) is 0 Å². The third kappa shape index (κ3) is 3.20. The number of thiophene rings is 1. The molecule has 0 aliphatic carbocycles. The number of halogens is 1. The van der Waals surface area contributed by atoms with Crippen molar-refractivity contribution in [3.63, 3.8) is 0 Å². The topological polar surface area (TPSA) is 64.4 Å². The third-order valence-corrected chi connectivity index (χ3v) is 4.23. The average molecular weight is 315 g/mol. The highest BCUT2D eigenvalue weighted by molar-refractivity contribution is 7.16. The van der Waals surface area contributed by atoms with E-state index < -0.39 is 0 Å². The van der Waals surface area contributed by atoms with Gasteiger partial charge in [0.2, 0.25) is 0 Å². The Kier molecular flexibility index (Phi) is 4.80.